The first-order chi connectivity index (χ1) is 73.2. The summed E-state index contributed by atoms with van der Waals surface area (Å²) in [6.07, 6.45) is -39.7. The summed E-state index contributed by atoms with van der Waals surface area (Å²) in [5, 5.41) is 0. The van der Waals surface area contributed by atoms with Gasteiger partial charge in [0.05, 0.1) is 94.7 Å². The number of carbonyl (C=O) groups excluding carboxylic acids is 4. The lowest BCUT2D eigenvalue weighted by atomic mass is 9.79. The Hall–Kier alpha value is -6.20. The Balaban J connectivity index is 0.000000247. The number of carbonyl (C=O) groups is 4. The van der Waals surface area contributed by atoms with Crippen molar-refractivity contribution >= 4 is 23.1 Å². The zero-order valence-electron chi connectivity index (χ0n) is 124. The van der Waals surface area contributed by atoms with Gasteiger partial charge in [0.25, 0.3) is 0 Å². The van der Waals surface area contributed by atoms with Gasteiger partial charge in [-0.1, -0.05) is 68.0 Å². The first-order valence-electron chi connectivity index (χ1n) is 64.9. The highest BCUT2D eigenvalue weighted by atomic mass is 16.5. The third-order valence-electron chi connectivity index (χ3n) is 14.3. The number of nitrogens with zero attached hydrogens (tertiary/aromatic N) is 4. The number of piperidine rings is 4. The van der Waals surface area contributed by atoms with Crippen LogP contribution in [0.5, 0.6) is 46.0 Å². The number of hydrogen-bond donors (Lipinski definition) is 0. The van der Waals surface area contributed by atoms with E-state index in [9.17, 15) is 21.9 Å². The van der Waals surface area contributed by atoms with Crippen molar-refractivity contribution < 1.29 is 159 Å². The highest BCUT2D eigenvalue weighted by molar-refractivity contribution is 5.85. The monoisotopic (exact) mass is 1370 g/mol. The van der Waals surface area contributed by atoms with E-state index in [1.807, 2.05) is 0 Å². The molecule has 10 atom stereocenters. The number of fused-ring (bicyclic) bond motifs is 12. The largest absolute Gasteiger partial charge is 0.493 e. The molecule has 0 bridgehead atoms. The molecule has 0 saturated carbocycles. The summed E-state index contributed by atoms with van der Waals surface area (Å²) in [6.45, 7) is -30.0. The van der Waals surface area contributed by atoms with Crippen molar-refractivity contribution in [1.82, 2.24) is 19.6 Å². The van der Waals surface area contributed by atoms with Gasteiger partial charge in [-0.2, -0.15) is 0 Å². The van der Waals surface area contributed by atoms with Crippen LogP contribution in [0.3, 0.4) is 0 Å². The van der Waals surface area contributed by atoms with E-state index in [4.69, 9.17) is 137 Å². The van der Waals surface area contributed by atoms with Crippen LogP contribution >= 0.6 is 0 Å². The van der Waals surface area contributed by atoms with Gasteiger partial charge in [-0.15, -0.1) is 0 Å². The van der Waals surface area contributed by atoms with E-state index in [-0.39, 0.29) is 28.2 Å². The average Bonchev–Trinajstić information content (AvgIpc) is 0.638. The number of rotatable bonds is 18. The summed E-state index contributed by atoms with van der Waals surface area (Å²) < 4.78 is 644. The van der Waals surface area contributed by atoms with Crippen molar-refractivity contribution in [2.24, 2.45) is 47.2 Å². The van der Waals surface area contributed by atoms with Gasteiger partial charge >= 0.3 is 0 Å². The maximum atomic E-state index is 14.1. The van der Waals surface area contributed by atoms with Crippen LogP contribution in [-0.2, 0) is 44.7 Å². The molecule has 0 radical (unpaired) electrons. The summed E-state index contributed by atoms with van der Waals surface area (Å²) in [4.78, 5) is 53.9. The highest BCUT2D eigenvalue weighted by Crippen LogP contribution is 2.48. The summed E-state index contributed by atoms with van der Waals surface area (Å²) in [6, 6.07) is -8.60. The summed E-state index contributed by atoms with van der Waals surface area (Å²) in [5.41, 5.74) is -6.95. The quantitative estimate of drug-likeness (QED) is 0.0926. The third-order valence-corrected chi connectivity index (χ3v) is 14.3. The van der Waals surface area contributed by atoms with Crippen LogP contribution in [0.25, 0.3) is 0 Å². The molecular weight excluding hydrogens is 1180 g/mol. The van der Waals surface area contributed by atoms with Crippen LogP contribution in [0, 0.1) is 47.2 Å². The number of benzene rings is 4. The van der Waals surface area contributed by atoms with Crippen molar-refractivity contribution in [3.05, 3.63) is 93.0 Å². The normalized spacial score (nSPS) is 51.1. The van der Waals surface area contributed by atoms with Gasteiger partial charge in [-0.05, 0) is 168 Å². The zero-order chi connectivity index (χ0) is 132. The molecule has 12 rings (SSSR count). The van der Waals surface area contributed by atoms with Crippen molar-refractivity contribution in [3.8, 4) is 46.0 Å². The molecule has 8 aliphatic rings. The number of aryl methyl sites for hydroxylation is 4. The number of methoxy groups -OCH3 is 8. The fraction of sp³-hybridized carbons (Fsp3) is 0.641. The molecule has 0 spiro atoms. The SMILES string of the molecule is [2H]C([2H])([2H])Oc1cc2c(cc1OC([2H])([2H])[2H])C([2H])([2H])C([2H])([2H])N1C2([2H])CC(=O)C(C([2H])([2H])C([2H])(C([2H])([2H])[2H])C([2H])([2H])C)C1([2H])[2H].[2H]C([2H])([2H])Oc1cc2c(cc1OC([2H])([2H])[2H])C([2H])([2H])C([2H])([2H])N1C2([2H])CC(=O)C(CC(C)C)C1([2H])[2H].[2H]C([2H])([2H])Oc1cc2c(cc1OC([2H])([2H])[2H])C1([2H])N(C([2H])([2H])C([2H])(CC(C)C)C(=O)C1([2H])[2H])C([2H])([2H])C2([2H])[2H].[2H]C([2H])([2H])Oc1cc2c(cc1OC([2H])([2H])[2H])C1([2H])N(C([2H])([2H])C2([2H])[2H])C([2H])([2H])C([2H])(C([2H])([2H])C([2H])(C([2H])([2H])[2H])C([2H])([2H])C)C(=O)C1([2H])[2H]. The molecule has 4 aromatic rings. The van der Waals surface area contributed by atoms with Gasteiger partial charge in [0.15, 0.2) is 46.0 Å². The van der Waals surface area contributed by atoms with Gasteiger partial charge in [0.2, 0.25) is 0 Å². The van der Waals surface area contributed by atoms with Crippen LogP contribution in [0.4, 0.5) is 0 Å². The third kappa shape index (κ3) is 16.4. The van der Waals surface area contributed by atoms with Crippen LogP contribution in [0.1, 0.15) is 289 Å². The van der Waals surface area contributed by atoms with Gasteiger partial charge in [0, 0.05) is 188 Å². The van der Waals surface area contributed by atoms with Gasteiger partial charge in [0.1, 0.15) is 23.1 Å². The molecule has 0 aliphatic carbocycles. The lowest BCUT2D eigenvalue weighted by Crippen LogP contribution is -2.46. The van der Waals surface area contributed by atoms with E-state index in [1.165, 1.54) is 13.8 Å². The van der Waals surface area contributed by atoms with Crippen LogP contribution in [-0.4, -0.2) is 151 Å². The standard InChI is InChI=1S/2C20H29NO3.2C19H27NO3/c2*1-5-13(2)8-15-12-21-7-6-14-9-19(23-3)20(24-4)10-16(14)17(21)11-18(15)22;2*1-12(2)7-14-11-20-6-5-13-8-18(22-3)19(23-4)9-15(13)16(20)10-17(14)21/h2*9-10,13,15,17H,5-8,11-12H2,1-4H3;2*8-9,12,14,16H,5-7,10-11H2,1-4H3/i2D3,3D3,4D3,5D2,6D2,7D2,8D2,11D2,12D2,13D,15D,17D;2D3,3D3,4D3,5D2,6D2,7D2,8D2,12D2,13D,17D;3D3,4D3,5D2,6D2,10D2,11D2,14D,16D;3D3,4D3,5D2,6D2,11D2,16D. The maximum Gasteiger partial charge on any atom is 0.161 e. The van der Waals surface area contributed by atoms with Gasteiger partial charge in [-0.25, -0.2) is 0 Å². The van der Waals surface area contributed by atoms with Crippen LogP contribution in [0.15, 0.2) is 48.5 Å². The van der Waals surface area contributed by atoms with E-state index < -0.39 is 389 Å². The molecule has 94 heavy (non-hydrogen) atoms. The fourth-order valence-electron chi connectivity index (χ4n) is 9.83. The summed E-state index contributed by atoms with van der Waals surface area (Å²) in [5.74, 6) is -34.9. The minimum Gasteiger partial charge on any atom is -0.493 e. The first kappa shape index (κ1) is 22.9. The van der Waals surface area contributed by atoms with E-state index in [0.29, 0.717) is 49.1 Å². The first-order valence-corrected chi connectivity index (χ1v) is 27.9. The molecule has 0 N–H and O–H groups in total. The average molecular weight is 1370 g/mol. The Kier molecular flexibility index (Phi) is 7.98. The predicted octanol–water partition coefficient (Wildman–Crippen LogP) is 13.7. The molecule has 0 amide bonds. The molecule has 4 fully saturated rings. The second-order valence-corrected chi connectivity index (χ2v) is 21.3. The van der Waals surface area contributed by atoms with E-state index in [2.05, 4.69) is 0 Å². The summed E-state index contributed by atoms with van der Waals surface area (Å²) in [7, 11) is -26.2. The van der Waals surface area contributed by atoms with E-state index in [0.717, 1.165) is 12.1 Å². The van der Waals surface area contributed by atoms with Gasteiger partial charge < -0.3 is 37.9 Å². The Labute approximate surface area is 666 Å². The minimum absolute atomic E-state index is 0.0309. The molecular formula is C78H112N4O12. The van der Waals surface area contributed by atoms with Crippen molar-refractivity contribution in [1.29, 1.82) is 0 Å². The fourth-order valence-corrected chi connectivity index (χ4v) is 9.83. The lowest BCUT2D eigenvalue weighted by Gasteiger charge is -2.43. The molecule has 8 aliphatic heterocycles. The molecule has 8 heterocycles. The Morgan fingerprint density at radius 1 is 0.436 bits per heavy atom. The van der Waals surface area contributed by atoms with Crippen molar-refractivity contribution in [2.45, 2.75) is 169 Å². The number of Topliss-reactive ketones (excluding diaryl/α,β-unsaturated/α-hetero) is 4. The predicted molar refractivity (Wildman–Crippen MR) is 370 cm³/mol. The Morgan fingerprint density at radius 3 is 1.12 bits per heavy atom. The van der Waals surface area contributed by atoms with Gasteiger partial charge in [-0.3, -0.25) is 38.8 Å². The molecule has 0 aromatic heterocycles. The van der Waals surface area contributed by atoms with E-state index in [1.54, 1.807) is 13.8 Å². The van der Waals surface area contributed by atoms with Crippen LogP contribution in [0.2, 0.25) is 0 Å². The van der Waals surface area contributed by atoms with Crippen molar-refractivity contribution in [3.63, 3.8) is 0 Å². The molecule has 516 valence electrons. The highest BCUT2D eigenvalue weighted by Gasteiger charge is 2.43. The maximum absolute atomic E-state index is 14.1. The molecule has 4 saturated heterocycles. The molecule has 16 nitrogen and oxygen atoms in total. The summed E-state index contributed by atoms with van der Waals surface area (Å²) >= 11 is 0. The van der Waals surface area contributed by atoms with Crippen LogP contribution < -0.4 is 37.9 Å². The lowest BCUT2D eigenvalue weighted by molar-refractivity contribution is -0.130. The Morgan fingerprint density at radius 2 is 0.755 bits per heavy atom. The topological polar surface area (TPSA) is 155 Å². The molecule has 10 unspecified atom stereocenters. The number of hydrogen-bond acceptors (Lipinski definition) is 16. The second-order valence-electron chi connectivity index (χ2n) is 21.3. The van der Waals surface area contributed by atoms with E-state index >= 15 is 0 Å². The van der Waals surface area contributed by atoms with Crippen molar-refractivity contribution in [2.75, 3.05) is 108 Å². The molecule has 16 heteroatoms. The zero-order valence-corrected chi connectivity index (χ0v) is 50.4. The number of ether oxygens (including phenoxy) is 8. The molecule has 4 aromatic carbocycles. The number of ketones is 4. The smallest absolute Gasteiger partial charge is 0.161 e. The second kappa shape index (κ2) is 32.7. The Bertz CT molecular complexity index is 6590. The minimum atomic E-state index is -4.67.